The molecule has 0 aliphatic carbocycles. The van der Waals surface area contributed by atoms with Crippen molar-refractivity contribution in [2.75, 3.05) is 6.54 Å². The van der Waals surface area contributed by atoms with E-state index >= 15 is 0 Å². The van der Waals surface area contributed by atoms with Gasteiger partial charge in [-0.3, -0.25) is 24.0 Å². The van der Waals surface area contributed by atoms with Crippen LogP contribution in [-0.4, -0.2) is 86.7 Å². The van der Waals surface area contributed by atoms with Crippen molar-refractivity contribution < 1.29 is 39.3 Å². The maximum absolute atomic E-state index is 12.7. The third-order valence-corrected chi connectivity index (χ3v) is 4.65. The van der Waals surface area contributed by atoms with Gasteiger partial charge in [0, 0.05) is 13.0 Å². The Morgan fingerprint density at radius 1 is 1.14 bits per heavy atom. The van der Waals surface area contributed by atoms with E-state index in [2.05, 4.69) is 10.6 Å². The lowest BCUT2D eigenvalue weighted by atomic mass is 10.1. The number of nitrogens with one attached hydrogen (secondary N) is 2. The van der Waals surface area contributed by atoms with Gasteiger partial charge in [-0.25, -0.2) is 0 Å². The van der Waals surface area contributed by atoms with Crippen LogP contribution in [0.5, 0.6) is 0 Å². The van der Waals surface area contributed by atoms with E-state index in [9.17, 15) is 29.1 Å². The van der Waals surface area contributed by atoms with E-state index in [1.165, 1.54) is 18.7 Å². The summed E-state index contributed by atoms with van der Waals surface area (Å²) in [7, 11) is 0. The highest BCUT2D eigenvalue weighted by atomic mass is 16.4. The van der Waals surface area contributed by atoms with Gasteiger partial charge in [0.05, 0.1) is 6.10 Å². The summed E-state index contributed by atoms with van der Waals surface area (Å²) in [4.78, 5) is 60.4. The normalized spacial score (nSPS) is 20.3. The summed E-state index contributed by atoms with van der Waals surface area (Å²) in [6.07, 6.45) is -0.979. The molecule has 0 aromatic heterocycles. The summed E-state index contributed by atoms with van der Waals surface area (Å²) in [6, 6.07) is -4.65. The highest BCUT2D eigenvalue weighted by Gasteiger charge is 2.38. The molecule has 29 heavy (non-hydrogen) atoms. The van der Waals surface area contributed by atoms with Crippen molar-refractivity contribution >= 4 is 29.7 Å². The summed E-state index contributed by atoms with van der Waals surface area (Å²) in [5.41, 5.74) is 5.66. The molecule has 1 saturated heterocycles. The highest BCUT2D eigenvalue weighted by Crippen LogP contribution is 2.19. The molecule has 0 radical (unpaired) electrons. The number of nitrogens with zero attached hydrogens (tertiary/aromatic N) is 1. The second-order valence-electron chi connectivity index (χ2n) is 7.02. The number of likely N-dealkylation sites (tertiary alicyclic amines) is 1. The van der Waals surface area contributed by atoms with Crippen LogP contribution in [-0.2, 0) is 24.0 Å². The molecule has 12 nitrogen and oxygen atoms in total. The fourth-order valence-electron chi connectivity index (χ4n) is 2.88. The third kappa shape index (κ3) is 6.98. The summed E-state index contributed by atoms with van der Waals surface area (Å²) < 4.78 is 0. The lowest BCUT2D eigenvalue weighted by Gasteiger charge is -2.29. The molecule has 5 atom stereocenters. The van der Waals surface area contributed by atoms with Crippen molar-refractivity contribution in [3.8, 4) is 0 Å². The fraction of sp³-hybridized carbons (Fsp3) is 0.706. The molecule has 0 aromatic carbocycles. The van der Waals surface area contributed by atoms with Crippen molar-refractivity contribution in [3.05, 3.63) is 0 Å². The van der Waals surface area contributed by atoms with Crippen LogP contribution in [0.3, 0.4) is 0 Å². The number of aliphatic hydroxyl groups is 1. The van der Waals surface area contributed by atoms with Gasteiger partial charge in [-0.1, -0.05) is 0 Å². The predicted molar refractivity (Wildman–Crippen MR) is 98.4 cm³/mol. The zero-order chi connectivity index (χ0) is 22.3. The average molecular weight is 416 g/mol. The zero-order valence-corrected chi connectivity index (χ0v) is 16.3. The summed E-state index contributed by atoms with van der Waals surface area (Å²) >= 11 is 0. The monoisotopic (exact) mass is 416 g/mol. The number of amides is 3. The highest BCUT2D eigenvalue weighted by molar-refractivity contribution is 5.94. The van der Waals surface area contributed by atoms with Crippen molar-refractivity contribution in [2.24, 2.45) is 5.73 Å². The predicted octanol–water partition coefficient (Wildman–Crippen LogP) is -2.38. The lowest BCUT2D eigenvalue weighted by molar-refractivity contribution is -0.143. The van der Waals surface area contributed by atoms with Gasteiger partial charge in [0.15, 0.2) is 0 Å². The summed E-state index contributed by atoms with van der Waals surface area (Å²) in [5.74, 6) is -4.61. The molecule has 0 saturated carbocycles. The molecule has 0 aromatic rings. The van der Waals surface area contributed by atoms with Gasteiger partial charge < -0.3 is 36.6 Å². The molecular formula is C17H28N4O8. The van der Waals surface area contributed by atoms with Crippen molar-refractivity contribution in [1.82, 2.24) is 15.5 Å². The van der Waals surface area contributed by atoms with Crippen LogP contribution < -0.4 is 16.4 Å². The van der Waals surface area contributed by atoms with E-state index in [1.54, 1.807) is 0 Å². The average Bonchev–Trinajstić information content (AvgIpc) is 3.12. The molecule has 164 valence electrons. The van der Waals surface area contributed by atoms with Crippen LogP contribution in [0.25, 0.3) is 0 Å². The first-order chi connectivity index (χ1) is 13.5. The topological polar surface area (TPSA) is 199 Å². The van der Waals surface area contributed by atoms with E-state index in [0.717, 1.165) is 0 Å². The number of aliphatic carboxylic acids is 2. The minimum absolute atomic E-state index is 0.249. The number of hydrogen-bond donors (Lipinski definition) is 6. The van der Waals surface area contributed by atoms with Gasteiger partial charge in [0.25, 0.3) is 0 Å². The molecule has 0 spiro atoms. The maximum Gasteiger partial charge on any atom is 0.325 e. The molecule has 3 amide bonds. The lowest BCUT2D eigenvalue weighted by Crippen LogP contribution is -2.57. The van der Waals surface area contributed by atoms with Gasteiger partial charge in [-0.15, -0.1) is 0 Å². The van der Waals surface area contributed by atoms with Gasteiger partial charge >= 0.3 is 11.9 Å². The van der Waals surface area contributed by atoms with Crippen LogP contribution in [0.1, 0.15) is 39.5 Å². The Hall–Kier alpha value is -2.73. The molecule has 12 heteroatoms. The van der Waals surface area contributed by atoms with Gasteiger partial charge in [0.2, 0.25) is 17.7 Å². The van der Waals surface area contributed by atoms with Crippen molar-refractivity contribution in [2.45, 2.75) is 69.8 Å². The number of carbonyl (C=O) groups is 5. The minimum atomic E-state index is -1.29. The Labute approximate surface area is 167 Å². The number of carbonyl (C=O) groups excluding carboxylic acids is 3. The van der Waals surface area contributed by atoms with E-state index < -0.39 is 66.4 Å². The van der Waals surface area contributed by atoms with Gasteiger partial charge in [-0.2, -0.15) is 0 Å². The second kappa shape index (κ2) is 10.7. The maximum atomic E-state index is 12.7. The Morgan fingerprint density at radius 2 is 1.76 bits per heavy atom. The smallest absolute Gasteiger partial charge is 0.325 e. The summed E-state index contributed by atoms with van der Waals surface area (Å²) in [6.45, 7) is 2.83. The van der Waals surface area contributed by atoms with Crippen LogP contribution in [0.15, 0.2) is 0 Å². The van der Waals surface area contributed by atoms with E-state index in [4.69, 9.17) is 15.9 Å². The Morgan fingerprint density at radius 3 is 2.28 bits per heavy atom. The SMILES string of the molecule is CC(NC(=O)C(CCC(=O)O)NC(=O)C1CCCN1C(=O)C(N)C(C)O)C(=O)O. The molecule has 1 heterocycles. The van der Waals surface area contributed by atoms with Gasteiger partial charge in [-0.05, 0) is 33.1 Å². The van der Waals surface area contributed by atoms with Crippen LogP contribution >= 0.6 is 0 Å². The molecule has 1 fully saturated rings. The van der Waals surface area contributed by atoms with E-state index in [1.807, 2.05) is 0 Å². The number of carboxylic acids is 2. The van der Waals surface area contributed by atoms with Crippen molar-refractivity contribution in [1.29, 1.82) is 0 Å². The molecule has 7 N–H and O–H groups in total. The first kappa shape index (κ1) is 24.3. The minimum Gasteiger partial charge on any atom is -0.481 e. The number of rotatable bonds is 10. The number of hydrogen-bond acceptors (Lipinski definition) is 7. The largest absolute Gasteiger partial charge is 0.481 e. The van der Waals surface area contributed by atoms with E-state index in [-0.39, 0.29) is 13.0 Å². The van der Waals surface area contributed by atoms with Crippen LogP contribution in [0.2, 0.25) is 0 Å². The Balaban J connectivity index is 2.89. The first-order valence-corrected chi connectivity index (χ1v) is 9.25. The zero-order valence-electron chi connectivity index (χ0n) is 16.3. The molecule has 1 rings (SSSR count). The molecule has 1 aliphatic heterocycles. The standard InChI is InChI=1S/C17H28N4O8/c1-8(17(28)29)19-14(25)10(5-6-12(23)24)20-15(26)11-4-3-7-21(11)16(27)13(18)9(2)22/h8-11,13,22H,3-7,18H2,1-2H3,(H,19,25)(H,20,26)(H,23,24)(H,28,29). The first-order valence-electron chi connectivity index (χ1n) is 9.25. The molecule has 1 aliphatic rings. The molecule has 0 bridgehead atoms. The van der Waals surface area contributed by atoms with Crippen LogP contribution in [0, 0.1) is 0 Å². The summed E-state index contributed by atoms with van der Waals surface area (Å²) in [5, 5.41) is 31.9. The quantitative estimate of drug-likeness (QED) is 0.225. The van der Waals surface area contributed by atoms with Crippen molar-refractivity contribution in [3.63, 3.8) is 0 Å². The molecular weight excluding hydrogens is 388 g/mol. The van der Waals surface area contributed by atoms with E-state index in [0.29, 0.717) is 12.8 Å². The number of nitrogens with two attached hydrogens (primary N) is 1. The Kier molecular flexibility index (Phi) is 8.98. The fourth-order valence-corrected chi connectivity index (χ4v) is 2.88. The molecule has 5 unspecified atom stereocenters. The van der Waals surface area contributed by atoms with Gasteiger partial charge in [0.1, 0.15) is 24.2 Å². The number of carboxylic acid groups (broad SMARTS) is 2. The second-order valence-corrected chi connectivity index (χ2v) is 7.02. The number of aliphatic hydroxyl groups excluding tert-OH is 1. The van der Waals surface area contributed by atoms with Crippen LogP contribution in [0.4, 0.5) is 0 Å². The third-order valence-electron chi connectivity index (χ3n) is 4.65. The Bertz CT molecular complexity index is 653.